The van der Waals surface area contributed by atoms with E-state index in [1.807, 2.05) is 0 Å². The summed E-state index contributed by atoms with van der Waals surface area (Å²) >= 11 is 0. The first-order valence-corrected chi connectivity index (χ1v) is 12.2. The Bertz CT molecular complexity index is 258. The van der Waals surface area contributed by atoms with Crippen LogP contribution in [0.3, 0.4) is 0 Å². The summed E-state index contributed by atoms with van der Waals surface area (Å²) in [5.41, 5.74) is 0. The van der Waals surface area contributed by atoms with E-state index in [2.05, 4.69) is 6.92 Å². The lowest BCUT2D eigenvalue weighted by Crippen LogP contribution is -2.19. The monoisotopic (exact) mass is 386 g/mol. The zero-order valence-electron chi connectivity index (χ0n) is 18.4. The summed E-state index contributed by atoms with van der Waals surface area (Å²) in [6.07, 6.45) is 25.7. The predicted molar refractivity (Wildman–Crippen MR) is 117 cm³/mol. The Hall–Kier alpha value is -0.120. The number of hydrogen-bond acceptors (Lipinski definition) is 3. The largest absolute Gasteiger partial charge is 0.394 e. The minimum atomic E-state index is -0.717. The average Bonchev–Trinajstić information content (AvgIpc) is 2.68. The van der Waals surface area contributed by atoms with E-state index >= 15 is 0 Å². The minimum absolute atomic E-state index is 0.209. The van der Waals surface area contributed by atoms with Crippen molar-refractivity contribution in [1.82, 2.24) is 0 Å². The van der Waals surface area contributed by atoms with Gasteiger partial charge in [-0.05, 0) is 6.42 Å². The molecule has 0 heterocycles. The maximum atomic E-state index is 9.14. The number of rotatable bonds is 23. The van der Waals surface area contributed by atoms with Crippen LogP contribution >= 0.6 is 0 Å². The van der Waals surface area contributed by atoms with Gasteiger partial charge in [0, 0.05) is 6.61 Å². The Morgan fingerprint density at radius 1 is 0.556 bits per heavy atom. The summed E-state index contributed by atoms with van der Waals surface area (Å²) < 4.78 is 5.31. The van der Waals surface area contributed by atoms with Gasteiger partial charge >= 0.3 is 0 Å². The van der Waals surface area contributed by atoms with Gasteiger partial charge in [-0.2, -0.15) is 0 Å². The van der Waals surface area contributed by atoms with E-state index in [0.29, 0.717) is 6.61 Å². The summed E-state index contributed by atoms with van der Waals surface area (Å²) in [7, 11) is 0. The molecule has 3 heteroatoms. The van der Waals surface area contributed by atoms with Crippen molar-refractivity contribution >= 4 is 0 Å². The number of aliphatic hydroxyl groups is 2. The van der Waals surface area contributed by atoms with Gasteiger partial charge in [-0.3, -0.25) is 0 Å². The summed E-state index contributed by atoms with van der Waals surface area (Å²) in [6.45, 7) is 3.04. The van der Waals surface area contributed by atoms with Crippen LogP contribution < -0.4 is 0 Å². The van der Waals surface area contributed by atoms with Crippen LogP contribution in [-0.2, 0) is 4.74 Å². The zero-order chi connectivity index (χ0) is 19.8. The van der Waals surface area contributed by atoms with E-state index in [0.717, 1.165) is 6.42 Å². The molecule has 0 aromatic carbocycles. The van der Waals surface area contributed by atoms with Crippen LogP contribution in [0.1, 0.15) is 129 Å². The van der Waals surface area contributed by atoms with E-state index in [-0.39, 0.29) is 13.2 Å². The highest BCUT2D eigenvalue weighted by Crippen LogP contribution is 2.14. The fourth-order valence-electron chi connectivity index (χ4n) is 3.55. The van der Waals surface area contributed by atoms with Gasteiger partial charge < -0.3 is 14.9 Å². The number of hydrogen-bond donors (Lipinski definition) is 2. The molecular formula is C24H50O3. The molecule has 0 bridgehead atoms. The van der Waals surface area contributed by atoms with Gasteiger partial charge in [0.1, 0.15) is 6.10 Å². The standard InChI is InChI=1S/C24H50O3/c1-2-3-4-5-6-7-8-9-10-11-12-13-14-15-16-17-18-19-20-21-27-23-24(26)22-25/h24-26H,2-23H2,1H3/t24-/m1/s1. The van der Waals surface area contributed by atoms with Gasteiger partial charge in [-0.1, -0.05) is 122 Å². The molecule has 2 N–H and O–H groups in total. The topological polar surface area (TPSA) is 49.7 Å². The lowest BCUT2D eigenvalue weighted by molar-refractivity contribution is 0.00526. The molecule has 0 aromatic rings. The maximum absolute atomic E-state index is 9.14. The van der Waals surface area contributed by atoms with Crippen molar-refractivity contribution in [2.24, 2.45) is 0 Å². The smallest absolute Gasteiger partial charge is 0.100 e. The van der Waals surface area contributed by atoms with Gasteiger partial charge in [0.2, 0.25) is 0 Å². The van der Waals surface area contributed by atoms with Crippen LogP contribution in [0.5, 0.6) is 0 Å². The van der Waals surface area contributed by atoms with Crippen molar-refractivity contribution in [3.63, 3.8) is 0 Å². The molecule has 0 saturated heterocycles. The van der Waals surface area contributed by atoms with Crippen LogP contribution in [-0.4, -0.2) is 36.1 Å². The summed E-state index contributed by atoms with van der Waals surface area (Å²) in [6, 6.07) is 0. The van der Waals surface area contributed by atoms with Crippen LogP contribution in [0.15, 0.2) is 0 Å². The quantitative estimate of drug-likeness (QED) is 0.190. The van der Waals surface area contributed by atoms with Crippen molar-refractivity contribution in [3.8, 4) is 0 Å². The van der Waals surface area contributed by atoms with Gasteiger partial charge in [-0.15, -0.1) is 0 Å². The molecule has 0 saturated carbocycles. The van der Waals surface area contributed by atoms with Gasteiger partial charge in [0.05, 0.1) is 13.2 Å². The zero-order valence-corrected chi connectivity index (χ0v) is 18.4. The SMILES string of the molecule is CCCCCCCCCCCCCCCCCCCCCOC[C@H](O)CO. The second-order valence-corrected chi connectivity index (χ2v) is 8.28. The fourth-order valence-corrected chi connectivity index (χ4v) is 3.55. The molecule has 0 unspecified atom stereocenters. The third kappa shape index (κ3) is 23.8. The predicted octanol–water partition coefficient (Wildman–Crippen LogP) is 6.79. The minimum Gasteiger partial charge on any atom is -0.394 e. The molecular weight excluding hydrogens is 336 g/mol. The average molecular weight is 387 g/mol. The maximum Gasteiger partial charge on any atom is 0.100 e. The molecule has 27 heavy (non-hydrogen) atoms. The van der Waals surface area contributed by atoms with Crippen LogP contribution in [0.4, 0.5) is 0 Å². The number of ether oxygens (including phenoxy) is 1. The van der Waals surface area contributed by atoms with Gasteiger partial charge in [-0.25, -0.2) is 0 Å². The molecule has 3 nitrogen and oxygen atoms in total. The van der Waals surface area contributed by atoms with Gasteiger partial charge in [0.25, 0.3) is 0 Å². The molecule has 0 aliphatic heterocycles. The highest BCUT2D eigenvalue weighted by atomic mass is 16.5. The molecule has 0 amide bonds. The first-order chi connectivity index (χ1) is 13.3. The Morgan fingerprint density at radius 2 is 0.889 bits per heavy atom. The second kappa shape index (κ2) is 23.9. The molecule has 0 aliphatic carbocycles. The van der Waals surface area contributed by atoms with Crippen molar-refractivity contribution in [2.75, 3.05) is 19.8 Å². The van der Waals surface area contributed by atoms with Crippen molar-refractivity contribution in [2.45, 2.75) is 135 Å². The van der Waals surface area contributed by atoms with Crippen molar-refractivity contribution in [3.05, 3.63) is 0 Å². The molecule has 164 valence electrons. The Kier molecular flexibility index (Phi) is 23.8. The van der Waals surface area contributed by atoms with Crippen molar-refractivity contribution in [1.29, 1.82) is 0 Å². The highest BCUT2D eigenvalue weighted by Gasteiger charge is 2.00. The van der Waals surface area contributed by atoms with Crippen LogP contribution in [0, 0.1) is 0 Å². The van der Waals surface area contributed by atoms with Crippen LogP contribution in [0.2, 0.25) is 0 Å². The second-order valence-electron chi connectivity index (χ2n) is 8.28. The summed E-state index contributed by atoms with van der Waals surface area (Å²) in [4.78, 5) is 0. The summed E-state index contributed by atoms with van der Waals surface area (Å²) in [5, 5.41) is 17.8. The normalized spacial score (nSPS) is 12.6. The van der Waals surface area contributed by atoms with Crippen molar-refractivity contribution < 1.29 is 14.9 Å². The number of aliphatic hydroxyl groups excluding tert-OH is 2. The summed E-state index contributed by atoms with van der Waals surface area (Å²) in [5.74, 6) is 0. The van der Waals surface area contributed by atoms with Gasteiger partial charge in [0.15, 0.2) is 0 Å². The fraction of sp³-hybridized carbons (Fsp3) is 1.00. The van der Waals surface area contributed by atoms with E-state index < -0.39 is 6.10 Å². The van der Waals surface area contributed by atoms with E-state index in [4.69, 9.17) is 14.9 Å². The number of unbranched alkanes of at least 4 members (excludes halogenated alkanes) is 18. The molecule has 0 fully saturated rings. The lowest BCUT2D eigenvalue weighted by Gasteiger charge is -2.08. The Balaban J connectivity index is 2.99. The molecule has 0 rings (SSSR count). The Labute approximate surface area is 170 Å². The first-order valence-electron chi connectivity index (χ1n) is 12.2. The molecule has 0 spiro atoms. The molecule has 0 aliphatic rings. The van der Waals surface area contributed by atoms with E-state index in [9.17, 15) is 0 Å². The van der Waals surface area contributed by atoms with E-state index in [1.54, 1.807) is 0 Å². The molecule has 1 atom stereocenters. The van der Waals surface area contributed by atoms with Crippen LogP contribution in [0.25, 0.3) is 0 Å². The molecule has 0 aromatic heterocycles. The highest BCUT2D eigenvalue weighted by molar-refractivity contribution is 4.51. The lowest BCUT2D eigenvalue weighted by atomic mass is 10.0. The Morgan fingerprint density at radius 3 is 1.22 bits per heavy atom. The third-order valence-electron chi connectivity index (χ3n) is 5.41. The molecule has 0 radical (unpaired) electrons. The van der Waals surface area contributed by atoms with E-state index in [1.165, 1.54) is 116 Å². The first kappa shape index (κ1) is 26.9. The third-order valence-corrected chi connectivity index (χ3v) is 5.41.